The zero-order valence-electron chi connectivity index (χ0n) is 21.2. The number of nitrogens with one attached hydrogen (secondary N) is 1. The Labute approximate surface area is 229 Å². The van der Waals surface area contributed by atoms with Crippen molar-refractivity contribution in [2.24, 2.45) is 11.8 Å². The maximum absolute atomic E-state index is 13.5. The topological polar surface area (TPSA) is 46.9 Å². The van der Waals surface area contributed by atoms with Crippen LogP contribution in [0.4, 0.5) is 0 Å². The van der Waals surface area contributed by atoms with Gasteiger partial charge < -0.3 is 5.32 Å². The van der Waals surface area contributed by atoms with Crippen LogP contribution in [0, 0.1) is 11.8 Å². The predicted octanol–water partition coefficient (Wildman–Crippen LogP) is 8.57. The monoisotopic (exact) mass is 545 g/mol. The van der Waals surface area contributed by atoms with E-state index in [4.69, 9.17) is 39.9 Å². The Bertz CT molecular complexity index is 1230. The number of rotatable bonds is 9. The first-order valence-electron chi connectivity index (χ1n) is 13.0. The molecule has 2 aromatic carbocycles. The first kappa shape index (κ1) is 27.0. The molecule has 1 aromatic heterocycles. The van der Waals surface area contributed by atoms with E-state index in [0.29, 0.717) is 38.9 Å². The van der Waals surface area contributed by atoms with E-state index in [1.807, 2.05) is 18.2 Å². The molecule has 1 aliphatic rings. The van der Waals surface area contributed by atoms with Crippen molar-refractivity contribution in [3.05, 3.63) is 68.3 Å². The van der Waals surface area contributed by atoms with Crippen molar-refractivity contribution in [1.82, 2.24) is 15.1 Å². The van der Waals surface area contributed by atoms with Gasteiger partial charge in [-0.25, -0.2) is 4.68 Å². The Hall–Kier alpha value is -2.01. The molecule has 192 valence electrons. The number of carbonyl (C=O) groups is 1. The van der Waals surface area contributed by atoms with Crippen LogP contribution >= 0.6 is 34.8 Å². The highest BCUT2D eigenvalue weighted by molar-refractivity contribution is 6.35. The van der Waals surface area contributed by atoms with Crippen LogP contribution in [0.15, 0.2) is 36.4 Å². The van der Waals surface area contributed by atoms with Gasteiger partial charge in [0.15, 0.2) is 5.69 Å². The standard InChI is InChI=1S/C29H34Cl3N3O/c1-4-19(5-2)10-9-18(3)17-33-29(36)27-23-8-6-7-20-11-12-21(30)15-24(20)28(23)35(34-27)26-14-13-22(31)16-25(26)32/h11-16,18-19H,4-10,17H2,1-3H3,(H,33,36). The highest BCUT2D eigenvalue weighted by Crippen LogP contribution is 2.39. The summed E-state index contributed by atoms with van der Waals surface area (Å²) in [5.41, 5.74) is 5.13. The molecular weight excluding hydrogens is 513 g/mol. The van der Waals surface area contributed by atoms with Crippen molar-refractivity contribution in [2.75, 3.05) is 6.54 Å². The second-order valence-electron chi connectivity index (χ2n) is 9.91. The van der Waals surface area contributed by atoms with Crippen LogP contribution in [0.2, 0.25) is 15.1 Å². The minimum Gasteiger partial charge on any atom is -0.350 e. The van der Waals surface area contributed by atoms with Gasteiger partial charge in [0.2, 0.25) is 0 Å². The highest BCUT2D eigenvalue weighted by atomic mass is 35.5. The van der Waals surface area contributed by atoms with Crippen LogP contribution in [0.1, 0.15) is 74.5 Å². The summed E-state index contributed by atoms with van der Waals surface area (Å²) in [6.45, 7) is 7.33. The Morgan fingerprint density at radius 2 is 1.75 bits per heavy atom. The number of fused-ring (bicyclic) bond motifs is 3. The molecule has 0 aliphatic heterocycles. The second kappa shape index (κ2) is 12.0. The molecule has 0 radical (unpaired) electrons. The van der Waals surface area contributed by atoms with Crippen LogP contribution in [0.25, 0.3) is 16.9 Å². The summed E-state index contributed by atoms with van der Waals surface area (Å²) in [7, 11) is 0. The number of carbonyl (C=O) groups excluding carboxylic acids is 1. The summed E-state index contributed by atoms with van der Waals surface area (Å²) < 4.78 is 1.79. The fourth-order valence-corrected chi connectivity index (χ4v) is 5.75. The largest absolute Gasteiger partial charge is 0.350 e. The maximum Gasteiger partial charge on any atom is 0.272 e. The van der Waals surface area contributed by atoms with Gasteiger partial charge >= 0.3 is 0 Å². The van der Waals surface area contributed by atoms with Crippen LogP contribution in [0.3, 0.4) is 0 Å². The van der Waals surface area contributed by atoms with Crippen LogP contribution in [-0.4, -0.2) is 22.2 Å². The van der Waals surface area contributed by atoms with Crippen molar-refractivity contribution >= 4 is 40.7 Å². The lowest BCUT2D eigenvalue weighted by molar-refractivity contribution is 0.0940. The summed E-state index contributed by atoms with van der Waals surface area (Å²) in [6, 6.07) is 11.3. The van der Waals surface area contributed by atoms with Crippen molar-refractivity contribution < 1.29 is 4.79 Å². The molecule has 7 heteroatoms. The average Bonchev–Trinajstić information content (AvgIpc) is 3.12. The van der Waals surface area contributed by atoms with Gasteiger partial charge in [-0.05, 0) is 73.4 Å². The first-order valence-corrected chi connectivity index (χ1v) is 14.1. The molecule has 0 bridgehead atoms. The summed E-state index contributed by atoms with van der Waals surface area (Å²) >= 11 is 19.2. The van der Waals surface area contributed by atoms with E-state index in [2.05, 4.69) is 32.2 Å². The quantitative estimate of drug-likeness (QED) is 0.292. The zero-order valence-corrected chi connectivity index (χ0v) is 23.5. The van der Waals surface area contributed by atoms with E-state index in [-0.39, 0.29) is 5.91 Å². The molecule has 4 rings (SSSR count). The molecule has 0 fully saturated rings. The number of nitrogens with zero attached hydrogens (tertiary/aromatic N) is 2. The third-order valence-electron chi connectivity index (χ3n) is 7.37. The molecular formula is C29H34Cl3N3O. The summed E-state index contributed by atoms with van der Waals surface area (Å²) in [4.78, 5) is 13.5. The molecule has 1 heterocycles. The number of hydrogen-bond donors (Lipinski definition) is 1. The maximum atomic E-state index is 13.5. The number of hydrogen-bond acceptors (Lipinski definition) is 2. The van der Waals surface area contributed by atoms with E-state index < -0.39 is 0 Å². The lowest BCUT2D eigenvalue weighted by atomic mass is 9.93. The molecule has 1 atom stereocenters. The molecule has 3 aromatic rings. The third-order valence-corrected chi connectivity index (χ3v) is 8.14. The molecule has 0 saturated carbocycles. The molecule has 36 heavy (non-hydrogen) atoms. The Morgan fingerprint density at radius 3 is 2.47 bits per heavy atom. The average molecular weight is 547 g/mol. The number of halogens is 3. The summed E-state index contributed by atoms with van der Waals surface area (Å²) in [5.74, 6) is 1.01. The number of benzene rings is 2. The molecule has 0 saturated heterocycles. The molecule has 0 spiro atoms. The zero-order chi connectivity index (χ0) is 25.8. The third kappa shape index (κ3) is 5.93. The summed E-state index contributed by atoms with van der Waals surface area (Å²) in [6.07, 6.45) is 7.29. The number of amides is 1. The van der Waals surface area contributed by atoms with E-state index in [9.17, 15) is 4.79 Å². The lowest BCUT2D eigenvalue weighted by Crippen LogP contribution is -2.29. The number of aryl methyl sites for hydroxylation is 1. The van der Waals surface area contributed by atoms with E-state index in [0.717, 1.165) is 48.4 Å². The fraction of sp³-hybridized carbons (Fsp3) is 0.448. The van der Waals surface area contributed by atoms with Gasteiger partial charge in [0, 0.05) is 27.7 Å². The minimum absolute atomic E-state index is 0.144. The van der Waals surface area contributed by atoms with E-state index in [1.165, 1.54) is 24.8 Å². The van der Waals surface area contributed by atoms with Crippen molar-refractivity contribution in [2.45, 2.75) is 65.7 Å². The molecule has 1 aliphatic carbocycles. The van der Waals surface area contributed by atoms with Gasteiger partial charge in [-0.1, -0.05) is 80.9 Å². The summed E-state index contributed by atoms with van der Waals surface area (Å²) in [5, 5.41) is 9.66. The number of aromatic nitrogens is 2. The van der Waals surface area contributed by atoms with Gasteiger partial charge in [-0.3, -0.25) is 4.79 Å². The van der Waals surface area contributed by atoms with E-state index in [1.54, 1.807) is 16.8 Å². The van der Waals surface area contributed by atoms with Crippen LogP contribution in [0.5, 0.6) is 0 Å². The van der Waals surface area contributed by atoms with Crippen molar-refractivity contribution in [3.8, 4) is 16.9 Å². The lowest BCUT2D eigenvalue weighted by Gasteiger charge is -2.16. The van der Waals surface area contributed by atoms with Gasteiger partial charge in [0.1, 0.15) is 0 Å². The van der Waals surface area contributed by atoms with Crippen molar-refractivity contribution in [3.63, 3.8) is 0 Å². The Morgan fingerprint density at radius 1 is 1.03 bits per heavy atom. The van der Waals surface area contributed by atoms with Gasteiger partial charge in [0.05, 0.1) is 16.4 Å². The Balaban J connectivity index is 1.69. The normalized spacial score (nSPS) is 13.8. The molecule has 1 N–H and O–H groups in total. The molecule has 1 amide bonds. The van der Waals surface area contributed by atoms with E-state index >= 15 is 0 Å². The minimum atomic E-state index is -0.144. The van der Waals surface area contributed by atoms with Gasteiger partial charge in [-0.2, -0.15) is 5.10 Å². The predicted molar refractivity (Wildman–Crippen MR) is 151 cm³/mol. The van der Waals surface area contributed by atoms with Gasteiger partial charge in [-0.15, -0.1) is 0 Å². The SMILES string of the molecule is CCC(CC)CCC(C)CNC(=O)c1nn(-c2ccc(Cl)cc2Cl)c2c1CCCc1ccc(Cl)cc1-2. The fourth-order valence-electron chi connectivity index (χ4n) is 5.09. The second-order valence-corrected chi connectivity index (χ2v) is 11.2. The first-order chi connectivity index (χ1) is 17.3. The molecule has 4 nitrogen and oxygen atoms in total. The Kier molecular flexibility index (Phi) is 9.03. The highest BCUT2D eigenvalue weighted by Gasteiger charge is 2.28. The van der Waals surface area contributed by atoms with Crippen LogP contribution in [-0.2, 0) is 12.8 Å². The van der Waals surface area contributed by atoms with Gasteiger partial charge in [0.25, 0.3) is 5.91 Å². The van der Waals surface area contributed by atoms with Crippen LogP contribution < -0.4 is 5.32 Å². The smallest absolute Gasteiger partial charge is 0.272 e. The molecule has 1 unspecified atom stereocenters. The van der Waals surface area contributed by atoms with Crippen molar-refractivity contribution in [1.29, 1.82) is 0 Å².